The summed E-state index contributed by atoms with van der Waals surface area (Å²) in [6.45, 7) is 6.11. The predicted octanol–water partition coefficient (Wildman–Crippen LogP) is 3.47. The Morgan fingerprint density at radius 3 is 2.83 bits per heavy atom. The molecule has 1 saturated carbocycles. The van der Waals surface area contributed by atoms with Gasteiger partial charge in [-0.2, -0.15) is 0 Å². The Hall–Kier alpha value is -0.840. The van der Waals surface area contributed by atoms with Gasteiger partial charge in [0.1, 0.15) is 0 Å². The van der Waals surface area contributed by atoms with Gasteiger partial charge in [0.15, 0.2) is 0 Å². The molecule has 0 bridgehead atoms. The molecule has 0 amide bonds. The van der Waals surface area contributed by atoms with Gasteiger partial charge in [-0.1, -0.05) is 0 Å². The Labute approximate surface area is 139 Å². The molecule has 2 aliphatic heterocycles. The minimum atomic E-state index is 0.135. The lowest BCUT2D eigenvalue weighted by Crippen LogP contribution is -2.47. The van der Waals surface area contributed by atoms with Gasteiger partial charge in [0.25, 0.3) is 0 Å². The molecule has 128 valence electrons. The predicted molar refractivity (Wildman–Crippen MR) is 88.2 cm³/mol. The van der Waals surface area contributed by atoms with Crippen molar-refractivity contribution < 1.29 is 13.9 Å². The minimum absolute atomic E-state index is 0.135. The summed E-state index contributed by atoms with van der Waals surface area (Å²) in [5.74, 6) is 1.56. The number of hydrogen-bond acceptors (Lipinski definition) is 4. The van der Waals surface area contributed by atoms with Crippen molar-refractivity contribution in [3.05, 3.63) is 24.2 Å². The van der Waals surface area contributed by atoms with Crippen molar-refractivity contribution in [2.24, 2.45) is 11.8 Å². The van der Waals surface area contributed by atoms with E-state index in [9.17, 15) is 0 Å². The van der Waals surface area contributed by atoms with Crippen LogP contribution in [0.4, 0.5) is 0 Å². The molecule has 0 radical (unpaired) electrons. The monoisotopic (exact) mass is 319 g/mol. The Balaban J connectivity index is 1.24. The van der Waals surface area contributed by atoms with Crippen LogP contribution < -0.4 is 0 Å². The Morgan fingerprint density at radius 1 is 1.22 bits per heavy atom. The second kappa shape index (κ2) is 6.96. The SMILES string of the molecule is c1cc(CN2CCC3(CC2)OCC[C@H]3CCOCC2CC2)co1. The second-order valence-corrected chi connectivity index (χ2v) is 7.61. The Bertz CT molecular complexity index is 475. The first-order valence-electron chi connectivity index (χ1n) is 9.29. The molecule has 0 unspecified atom stereocenters. The van der Waals surface area contributed by atoms with Crippen molar-refractivity contribution in [3.8, 4) is 0 Å². The number of rotatable bonds is 7. The molecule has 1 atom stereocenters. The van der Waals surface area contributed by atoms with Crippen molar-refractivity contribution in [3.63, 3.8) is 0 Å². The summed E-state index contributed by atoms with van der Waals surface area (Å²) in [6.07, 6.45) is 11.1. The number of furan rings is 1. The van der Waals surface area contributed by atoms with E-state index < -0.39 is 0 Å². The first kappa shape index (κ1) is 15.7. The van der Waals surface area contributed by atoms with E-state index >= 15 is 0 Å². The summed E-state index contributed by atoms with van der Waals surface area (Å²) >= 11 is 0. The molecule has 2 saturated heterocycles. The third-order valence-corrected chi connectivity index (χ3v) is 5.95. The van der Waals surface area contributed by atoms with Crippen LogP contribution in [0.2, 0.25) is 0 Å². The van der Waals surface area contributed by atoms with E-state index in [0.717, 1.165) is 58.2 Å². The van der Waals surface area contributed by atoms with E-state index in [1.807, 2.05) is 6.26 Å². The van der Waals surface area contributed by atoms with Gasteiger partial charge in [-0.25, -0.2) is 0 Å². The third-order valence-electron chi connectivity index (χ3n) is 5.95. The summed E-state index contributed by atoms with van der Waals surface area (Å²) < 4.78 is 17.3. The van der Waals surface area contributed by atoms with Crippen molar-refractivity contribution in [2.45, 2.75) is 50.7 Å². The van der Waals surface area contributed by atoms with E-state index in [-0.39, 0.29) is 5.60 Å². The standard InChI is InChI=1S/C19H29NO3/c1-2-16(1)14-22-11-4-18-5-12-23-19(18)6-8-20(9-7-19)13-17-3-10-21-15-17/h3,10,15-16,18H,1-2,4-9,11-14H2/t18-/m1/s1. The largest absolute Gasteiger partial charge is 0.472 e. The van der Waals surface area contributed by atoms with Gasteiger partial charge in [0.05, 0.1) is 18.1 Å². The molecule has 4 nitrogen and oxygen atoms in total. The van der Waals surface area contributed by atoms with Gasteiger partial charge in [0, 0.05) is 45.0 Å². The van der Waals surface area contributed by atoms with Gasteiger partial charge < -0.3 is 13.9 Å². The highest BCUT2D eigenvalue weighted by Crippen LogP contribution is 2.42. The summed E-state index contributed by atoms with van der Waals surface area (Å²) in [6, 6.07) is 2.07. The number of hydrogen-bond donors (Lipinski definition) is 0. The lowest BCUT2D eigenvalue weighted by atomic mass is 9.78. The molecule has 0 aromatic carbocycles. The molecule has 4 rings (SSSR count). The molecule has 1 spiro atoms. The van der Waals surface area contributed by atoms with Crippen molar-refractivity contribution in [1.82, 2.24) is 4.90 Å². The topological polar surface area (TPSA) is 34.8 Å². The van der Waals surface area contributed by atoms with Gasteiger partial charge in [-0.05, 0) is 56.4 Å². The maximum absolute atomic E-state index is 6.27. The van der Waals surface area contributed by atoms with E-state index in [0.29, 0.717) is 5.92 Å². The molecular weight excluding hydrogens is 290 g/mol. The van der Waals surface area contributed by atoms with Crippen LogP contribution in [-0.4, -0.2) is 43.4 Å². The number of piperidine rings is 1. The van der Waals surface area contributed by atoms with Crippen molar-refractivity contribution in [1.29, 1.82) is 0 Å². The average molecular weight is 319 g/mol. The zero-order valence-corrected chi connectivity index (χ0v) is 14.0. The highest BCUT2D eigenvalue weighted by atomic mass is 16.5. The van der Waals surface area contributed by atoms with Crippen LogP contribution in [0.15, 0.2) is 23.0 Å². The first-order chi connectivity index (χ1) is 11.3. The van der Waals surface area contributed by atoms with Crippen molar-refractivity contribution >= 4 is 0 Å². The number of likely N-dealkylation sites (tertiary alicyclic amines) is 1. The normalized spacial score (nSPS) is 27.7. The number of ether oxygens (including phenoxy) is 2. The highest BCUT2D eigenvalue weighted by Gasteiger charge is 2.45. The quantitative estimate of drug-likeness (QED) is 0.721. The molecule has 1 aromatic heterocycles. The molecular formula is C19H29NO3. The lowest BCUT2D eigenvalue weighted by molar-refractivity contribution is -0.0731. The summed E-state index contributed by atoms with van der Waals surface area (Å²) in [7, 11) is 0. The van der Waals surface area contributed by atoms with Gasteiger partial charge in [-0.15, -0.1) is 0 Å². The minimum Gasteiger partial charge on any atom is -0.472 e. The first-order valence-corrected chi connectivity index (χ1v) is 9.29. The van der Waals surface area contributed by atoms with Crippen LogP contribution in [0.3, 0.4) is 0 Å². The van der Waals surface area contributed by atoms with Crippen molar-refractivity contribution in [2.75, 3.05) is 32.9 Å². The molecule has 1 aliphatic carbocycles. The van der Waals surface area contributed by atoms with Crippen LogP contribution in [0.25, 0.3) is 0 Å². The van der Waals surface area contributed by atoms with Gasteiger partial charge in [0.2, 0.25) is 0 Å². The molecule has 1 aromatic rings. The van der Waals surface area contributed by atoms with E-state index in [2.05, 4.69) is 11.0 Å². The van der Waals surface area contributed by atoms with Crippen LogP contribution in [-0.2, 0) is 16.0 Å². The fourth-order valence-electron chi connectivity index (χ4n) is 4.24. The third kappa shape index (κ3) is 3.81. The summed E-state index contributed by atoms with van der Waals surface area (Å²) in [5.41, 5.74) is 1.41. The fourth-order valence-corrected chi connectivity index (χ4v) is 4.24. The second-order valence-electron chi connectivity index (χ2n) is 7.61. The molecule has 23 heavy (non-hydrogen) atoms. The molecule has 3 fully saturated rings. The summed E-state index contributed by atoms with van der Waals surface area (Å²) in [4.78, 5) is 2.53. The fraction of sp³-hybridized carbons (Fsp3) is 0.789. The Kier molecular flexibility index (Phi) is 4.74. The molecule has 4 heteroatoms. The van der Waals surface area contributed by atoms with E-state index in [1.165, 1.54) is 31.2 Å². The van der Waals surface area contributed by atoms with Crippen LogP contribution in [0, 0.1) is 11.8 Å². The van der Waals surface area contributed by atoms with Gasteiger partial charge >= 0.3 is 0 Å². The molecule has 0 N–H and O–H groups in total. The summed E-state index contributed by atoms with van der Waals surface area (Å²) in [5, 5.41) is 0. The zero-order valence-electron chi connectivity index (χ0n) is 14.0. The molecule has 3 aliphatic rings. The average Bonchev–Trinajstić information content (AvgIpc) is 3.10. The highest BCUT2D eigenvalue weighted by molar-refractivity contribution is 5.06. The Morgan fingerprint density at radius 2 is 2.09 bits per heavy atom. The van der Waals surface area contributed by atoms with Crippen LogP contribution in [0.1, 0.15) is 44.1 Å². The van der Waals surface area contributed by atoms with E-state index in [4.69, 9.17) is 13.9 Å². The smallest absolute Gasteiger partial charge is 0.0947 e. The molecule has 3 heterocycles. The number of nitrogens with zero attached hydrogens (tertiary/aromatic N) is 1. The van der Waals surface area contributed by atoms with Gasteiger partial charge in [-0.3, -0.25) is 4.90 Å². The zero-order chi connectivity index (χ0) is 15.5. The van der Waals surface area contributed by atoms with Crippen LogP contribution >= 0.6 is 0 Å². The van der Waals surface area contributed by atoms with Crippen LogP contribution in [0.5, 0.6) is 0 Å². The van der Waals surface area contributed by atoms with E-state index in [1.54, 1.807) is 6.26 Å². The maximum Gasteiger partial charge on any atom is 0.0947 e. The lowest BCUT2D eigenvalue weighted by Gasteiger charge is -2.42. The maximum atomic E-state index is 6.27.